The fourth-order valence-electron chi connectivity index (χ4n) is 5.67. The average Bonchev–Trinajstić information content (AvgIpc) is 3.26. The van der Waals surface area contributed by atoms with Crippen molar-refractivity contribution in [2.24, 2.45) is 17.3 Å². The van der Waals surface area contributed by atoms with Crippen LogP contribution in [0.3, 0.4) is 0 Å². The predicted octanol–water partition coefficient (Wildman–Crippen LogP) is 6.55. The van der Waals surface area contributed by atoms with E-state index in [1.54, 1.807) is 0 Å². The van der Waals surface area contributed by atoms with Gasteiger partial charge in [0.1, 0.15) is 5.65 Å². The van der Waals surface area contributed by atoms with E-state index in [0.717, 1.165) is 29.3 Å². The molecule has 0 spiro atoms. The molecule has 3 aliphatic rings. The van der Waals surface area contributed by atoms with Crippen LogP contribution in [0.1, 0.15) is 70.1 Å². The Hall–Kier alpha value is -3.01. The van der Waals surface area contributed by atoms with Crippen molar-refractivity contribution in [1.82, 2.24) is 9.38 Å². The molecule has 1 fully saturated rings. The van der Waals surface area contributed by atoms with E-state index in [1.165, 1.54) is 50.2 Å². The molecule has 35 heavy (non-hydrogen) atoms. The molecule has 0 amide bonds. The second-order valence-corrected chi connectivity index (χ2v) is 11.3. The van der Waals surface area contributed by atoms with Gasteiger partial charge in [-0.1, -0.05) is 50.6 Å². The fraction of sp³-hybridized carbons (Fsp3) is 0.452. The minimum absolute atomic E-state index is 0.00361. The minimum Gasteiger partial charge on any atom is -0.307 e. The summed E-state index contributed by atoms with van der Waals surface area (Å²) in [4.78, 5) is 29.9. The van der Waals surface area contributed by atoms with Gasteiger partial charge in [-0.25, -0.2) is 4.98 Å². The number of imidazole rings is 1. The Kier molecular flexibility index (Phi) is 6.73. The topological polar surface area (TPSA) is 51.4 Å². The van der Waals surface area contributed by atoms with Crippen molar-refractivity contribution in [2.75, 3.05) is 0 Å². The SMILES string of the molecule is CC1(C)CCC(CCCc2ccc3nc(CCC(=O)C4=CC(=O)C5C=CC=CC5=C4)cn3c2)CC1. The van der Waals surface area contributed by atoms with E-state index in [0.29, 0.717) is 23.8 Å². The number of ketones is 2. The van der Waals surface area contributed by atoms with Crippen molar-refractivity contribution in [1.29, 1.82) is 0 Å². The van der Waals surface area contributed by atoms with Crippen molar-refractivity contribution >= 4 is 17.2 Å². The van der Waals surface area contributed by atoms with E-state index < -0.39 is 0 Å². The molecule has 1 saturated carbocycles. The number of fused-ring (bicyclic) bond motifs is 2. The third kappa shape index (κ3) is 5.63. The van der Waals surface area contributed by atoms with Crippen LogP contribution >= 0.6 is 0 Å². The summed E-state index contributed by atoms with van der Waals surface area (Å²) in [6, 6.07) is 4.27. The van der Waals surface area contributed by atoms with Gasteiger partial charge in [-0.2, -0.15) is 0 Å². The van der Waals surface area contributed by atoms with Crippen molar-refractivity contribution in [3.8, 4) is 0 Å². The number of carbonyl (C=O) groups excluding carboxylic acids is 2. The molecule has 0 radical (unpaired) electrons. The molecule has 2 aromatic rings. The summed E-state index contributed by atoms with van der Waals surface area (Å²) in [5, 5.41) is 0. The third-order valence-corrected chi connectivity index (χ3v) is 8.02. The molecule has 0 saturated heterocycles. The second kappa shape index (κ2) is 9.93. The number of hydrogen-bond donors (Lipinski definition) is 0. The van der Waals surface area contributed by atoms with E-state index in [2.05, 4.69) is 36.6 Å². The number of allylic oxidation sites excluding steroid dienone is 8. The molecular weight excluding hydrogens is 432 g/mol. The predicted molar refractivity (Wildman–Crippen MR) is 140 cm³/mol. The summed E-state index contributed by atoms with van der Waals surface area (Å²) < 4.78 is 2.09. The maximum absolute atomic E-state index is 12.8. The molecule has 1 atom stereocenters. The maximum Gasteiger partial charge on any atom is 0.167 e. The Morgan fingerprint density at radius 1 is 1.09 bits per heavy atom. The van der Waals surface area contributed by atoms with Crippen LogP contribution in [-0.4, -0.2) is 21.0 Å². The van der Waals surface area contributed by atoms with Crippen molar-refractivity contribution in [2.45, 2.75) is 71.6 Å². The molecular formula is C31H36N2O2. The molecule has 182 valence electrons. The van der Waals surface area contributed by atoms with Crippen molar-refractivity contribution < 1.29 is 9.59 Å². The zero-order chi connectivity index (χ0) is 24.4. The van der Waals surface area contributed by atoms with E-state index in [-0.39, 0.29) is 17.5 Å². The number of pyridine rings is 1. The highest BCUT2D eigenvalue weighted by Gasteiger charge is 2.27. The first kappa shape index (κ1) is 23.7. The van der Waals surface area contributed by atoms with E-state index in [9.17, 15) is 9.59 Å². The first-order valence-electron chi connectivity index (χ1n) is 13.2. The Bertz CT molecular complexity index is 1240. The van der Waals surface area contributed by atoms with Crippen LogP contribution < -0.4 is 0 Å². The van der Waals surface area contributed by atoms with Crippen LogP contribution in [-0.2, 0) is 22.4 Å². The zero-order valence-electron chi connectivity index (χ0n) is 21.0. The number of aromatic nitrogens is 2. The maximum atomic E-state index is 12.8. The number of Topliss-reactive ketones (excluding diaryl/α,β-unsaturated/α-hetero) is 1. The van der Waals surface area contributed by atoms with Gasteiger partial charge in [0.2, 0.25) is 0 Å². The molecule has 0 N–H and O–H groups in total. The normalized spacial score (nSPS) is 21.7. The number of rotatable bonds is 8. The summed E-state index contributed by atoms with van der Waals surface area (Å²) in [6.45, 7) is 4.81. The summed E-state index contributed by atoms with van der Waals surface area (Å²) in [5.74, 6) is 0.639. The molecule has 2 heterocycles. The molecule has 4 heteroatoms. The van der Waals surface area contributed by atoms with Crippen molar-refractivity contribution in [3.05, 3.63) is 83.4 Å². The quantitative estimate of drug-likeness (QED) is 0.441. The summed E-state index contributed by atoms with van der Waals surface area (Å²) in [6.07, 6.45) is 25.3. The summed E-state index contributed by atoms with van der Waals surface area (Å²) >= 11 is 0. The molecule has 5 rings (SSSR count). The minimum atomic E-state index is -0.237. The first-order chi connectivity index (χ1) is 16.9. The number of carbonyl (C=O) groups is 2. The molecule has 1 unspecified atom stereocenters. The van der Waals surface area contributed by atoms with Gasteiger partial charge >= 0.3 is 0 Å². The number of hydrogen-bond acceptors (Lipinski definition) is 3. The summed E-state index contributed by atoms with van der Waals surface area (Å²) in [7, 11) is 0. The number of aryl methyl sites for hydroxylation is 2. The lowest BCUT2D eigenvalue weighted by molar-refractivity contribution is -0.118. The molecule has 0 aliphatic heterocycles. The third-order valence-electron chi connectivity index (χ3n) is 8.02. The lowest BCUT2D eigenvalue weighted by atomic mass is 9.72. The van der Waals surface area contributed by atoms with Crippen LogP contribution in [0.2, 0.25) is 0 Å². The van der Waals surface area contributed by atoms with Crippen LogP contribution in [0.15, 0.2) is 72.1 Å². The van der Waals surface area contributed by atoms with E-state index >= 15 is 0 Å². The van der Waals surface area contributed by atoms with Gasteiger partial charge in [-0.05, 0) is 85.6 Å². The van der Waals surface area contributed by atoms with E-state index in [4.69, 9.17) is 4.98 Å². The van der Waals surface area contributed by atoms with Crippen molar-refractivity contribution in [3.63, 3.8) is 0 Å². The second-order valence-electron chi connectivity index (χ2n) is 11.3. The van der Waals surface area contributed by atoms with Gasteiger partial charge in [-0.15, -0.1) is 0 Å². The van der Waals surface area contributed by atoms with Gasteiger partial charge in [0.05, 0.1) is 11.6 Å². The average molecular weight is 469 g/mol. The molecule has 3 aliphatic carbocycles. The van der Waals surface area contributed by atoms with Crippen LogP contribution in [0, 0.1) is 17.3 Å². The lowest BCUT2D eigenvalue weighted by Crippen LogP contribution is -2.21. The van der Waals surface area contributed by atoms with Gasteiger partial charge in [-0.3, -0.25) is 9.59 Å². The van der Waals surface area contributed by atoms with E-state index in [1.807, 2.05) is 36.6 Å². The zero-order valence-corrected chi connectivity index (χ0v) is 21.0. The van der Waals surface area contributed by atoms with Gasteiger partial charge in [0, 0.05) is 24.4 Å². The lowest BCUT2D eigenvalue weighted by Gasteiger charge is -2.34. The largest absolute Gasteiger partial charge is 0.307 e. The standard InChI is InChI=1S/C31H36N2O2/c1-31(2)16-14-22(15-17-31)6-5-7-23-10-13-30-32-26(21-33(30)20-23)11-12-28(34)25-18-24-8-3-4-9-27(24)29(35)19-25/h3-4,8-10,13,18-22,27H,5-7,11-12,14-17H2,1-2H3. The highest BCUT2D eigenvalue weighted by molar-refractivity contribution is 6.09. The smallest absolute Gasteiger partial charge is 0.167 e. The highest BCUT2D eigenvalue weighted by Crippen LogP contribution is 2.39. The Morgan fingerprint density at radius 3 is 2.74 bits per heavy atom. The van der Waals surface area contributed by atoms with Gasteiger partial charge in [0.15, 0.2) is 11.6 Å². The fourth-order valence-corrected chi connectivity index (χ4v) is 5.67. The molecule has 2 aromatic heterocycles. The molecule has 0 aromatic carbocycles. The first-order valence-corrected chi connectivity index (χ1v) is 13.2. The van der Waals surface area contributed by atoms with Crippen LogP contribution in [0.25, 0.3) is 5.65 Å². The Morgan fingerprint density at radius 2 is 1.91 bits per heavy atom. The van der Waals surface area contributed by atoms with Crippen LogP contribution in [0.5, 0.6) is 0 Å². The Balaban J connectivity index is 1.14. The van der Waals surface area contributed by atoms with Gasteiger partial charge in [0.25, 0.3) is 0 Å². The molecule has 4 nitrogen and oxygen atoms in total. The van der Waals surface area contributed by atoms with Gasteiger partial charge < -0.3 is 4.40 Å². The number of nitrogens with zero attached hydrogens (tertiary/aromatic N) is 2. The summed E-state index contributed by atoms with van der Waals surface area (Å²) in [5.41, 5.74) is 5.12. The monoisotopic (exact) mass is 468 g/mol. The van der Waals surface area contributed by atoms with Crippen LogP contribution in [0.4, 0.5) is 0 Å². The Labute approximate surface area is 208 Å². The molecule has 0 bridgehead atoms. The highest BCUT2D eigenvalue weighted by atomic mass is 16.1.